The first-order valence-corrected chi connectivity index (χ1v) is 14.4. The SMILES string of the molecule is CCOC(=O)C1CC1CC(=O)N1CCC([C@H]2c3ncc(Br)cc3CCc3cc(Cl)cc(Br)c32)CC1. The summed E-state index contributed by atoms with van der Waals surface area (Å²) in [6, 6.07) is 6.29. The Balaban J connectivity index is 1.32. The van der Waals surface area contributed by atoms with E-state index in [1.54, 1.807) is 0 Å². The Morgan fingerprint density at radius 1 is 1.14 bits per heavy atom. The number of rotatable bonds is 5. The summed E-state index contributed by atoms with van der Waals surface area (Å²) < 4.78 is 7.15. The fraction of sp³-hybridized carbons (Fsp3) is 0.519. The molecule has 1 aliphatic heterocycles. The number of carbonyl (C=O) groups is 2. The summed E-state index contributed by atoms with van der Waals surface area (Å²) in [7, 11) is 0. The number of likely N-dealkylation sites (tertiary alicyclic amines) is 1. The lowest BCUT2D eigenvalue weighted by Gasteiger charge is -2.37. The molecule has 2 unspecified atom stereocenters. The van der Waals surface area contributed by atoms with Crippen molar-refractivity contribution in [3.05, 3.63) is 60.7 Å². The molecule has 3 atom stereocenters. The van der Waals surface area contributed by atoms with E-state index in [1.165, 1.54) is 16.7 Å². The molecule has 35 heavy (non-hydrogen) atoms. The van der Waals surface area contributed by atoms with Crippen LogP contribution in [-0.2, 0) is 27.2 Å². The summed E-state index contributed by atoms with van der Waals surface area (Å²) >= 11 is 13.8. The number of amides is 1. The van der Waals surface area contributed by atoms with Gasteiger partial charge >= 0.3 is 5.97 Å². The standard InChI is InChI=1S/C27H29Br2ClN2O3/c1-2-35-27(34)21-11-18(21)12-23(33)32-7-5-15(6-8-32)25-24-16(10-20(30)13-22(24)29)3-4-17-9-19(28)14-31-26(17)25/h9-10,13-15,18,21,25H,2-8,11-12H2,1H3/t18?,21?,25-/m1/s1. The van der Waals surface area contributed by atoms with Crippen LogP contribution < -0.4 is 0 Å². The highest BCUT2D eigenvalue weighted by Gasteiger charge is 2.46. The third kappa shape index (κ3) is 5.33. The van der Waals surface area contributed by atoms with E-state index in [0.717, 1.165) is 64.9 Å². The Bertz CT molecular complexity index is 1150. The van der Waals surface area contributed by atoms with E-state index in [0.29, 0.717) is 18.9 Å². The van der Waals surface area contributed by atoms with E-state index in [4.69, 9.17) is 21.3 Å². The van der Waals surface area contributed by atoms with Gasteiger partial charge in [0.25, 0.3) is 0 Å². The van der Waals surface area contributed by atoms with Gasteiger partial charge in [-0.25, -0.2) is 0 Å². The lowest BCUT2D eigenvalue weighted by atomic mass is 9.76. The summed E-state index contributed by atoms with van der Waals surface area (Å²) in [6.07, 6.45) is 6.82. The van der Waals surface area contributed by atoms with Gasteiger partial charge in [-0.15, -0.1) is 0 Å². The molecule has 1 aromatic heterocycles. The minimum Gasteiger partial charge on any atom is -0.466 e. The lowest BCUT2D eigenvalue weighted by molar-refractivity contribution is -0.145. The largest absolute Gasteiger partial charge is 0.466 e. The normalized spacial score (nSPS) is 23.8. The number of benzene rings is 1. The zero-order valence-electron chi connectivity index (χ0n) is 19.7. The van der Waals surface area contributed by atoms with Gasteiger partial charge < -0.3 is 9.64 Å². The number of pyridine rings is 1. The van der Waals surface area contributed by atoms with Crippen molar-refractivity contribution in [3.8, 4) is 0 Å². The molecule has 1 saturated carbocycles. The highest BCUT2D eigenvalue weighted by Crippen LogP contribution is 2.47. The first-order chi connectivity index (χ1) is 16.9. The number of fused-ring (bicyclic) bond motifs is 2. The molecule has 1 saturated heterocycles. The number of carbonyl (C=O) groups excluding carboxylic acids is 2. The zero-order chi connectivity index (χ0) is 24.7. The summed E-state index contributed by atoms with van der Waals surface area (Å²) in [5.74, 6) is 0.606. The minimum absolute atomic E-state index is 0.0926. The van der Waals surface area contributed by atoms with Crippen LogP contribution >= 0.6 is 43.5 Å². The van der Waals surface area contributed by atoms with Gasteiger partial charge in [0.2, 0.25) is 5.91 Å². The van der Waals surface area contributed by atoms with Crippen molar-refractivity contribution in [3.63, 3.8) is 0 Å². The maximum absolute atomic E-state index is 13.0. The van der Waals surface area contributed by atoms with Crippen LogP contribution in [0.3, 0.4) is 0 Å². The number of aromatic nitrogens is 1. The summed E-state index contributed by atoms with van der Waals surface area (Å²) in [6.45, 7) is 3.69. The van der Waals surface area contributed by atoms with Crippen LogP contribution in [0.15, 0.2) is 33.3 Å². The molecule has 8 heteroatoms. The molecule has 5 nitrogen and oxygen atoms in total. The Kier molecular flexibility index (Phi) is 7.57. The van der Waals surface area contributed by atoms with Crippen molar-refractivity contribution in [1.29, 1.82) is 0 Å². The maximum Gasteiger partial charge on any atom is 0.309 e. The smallest absolute Gasteiger partial charge is 0.309 e. The quantitative estimate of drug-likeness (QED) is 0.366. The molecule has 3 aliphatic rings. The second kappa shape index (κ2) is 10.5. The number of ether oxygens (including phenoxy) is 1. The van der Waals surface area contributed by atoms with Gasteiger partial charge in [0.15, 0.2) is 0 Å². The minimum atomic E-state index is -0.153. The van der Waals surface area contributed by atoms with Crippen molar-refractivity contribution in [2.75, 3.05) is 19.7 Å². The van der Waals surface area contributed by atoms with Crippen molar-refractivity contribution in [1.82, 2.24) is 9.88 Å². The number of hydrogen-bond acceptors (Lipinski definition) is 4. The fourth-order valence-corrected chi connectivity index (χ4v) is 7.38. The van der Waals surface area contributed by atoms with E-state index in [1.807, 2.05) is 24.1 Å². The topological polar surface area (TPSA) is 59.5 Å². The predicted molar refractivity (Wildman–Crippen MR) is 142 cm³/mol. The molecule has 1 aromatic carbocycles. The Hall–Kier alpha value is -1.44. The molecular weight excluding hydrogens is 596 g/mol. The Morgan fingerprint density at radius 3 is 2.63 bits per heavy atom. The second-order valence-electron chi connectivity index (χ2n) is 9.91. The Labute approximate surface area is 228 Å². The highest BCUT2D eigenvalue weighted by atomic mass is 79.9. The molecule has 0 bridgehead atoms. The van der Waals surface area contributed by atoms with Crippen LogP contribution in [0.1, 0.15) is 60.9 Å². The molecule has 2 fully saturated rings. The van der Waals surface area contributed by atoms with Crippen LogP contribution in [0.25, 0.3) is 0 Å². The molecule has 5 rings (SSSR count). The second-order valence-corrected chi connectivity index (χ2v) is 12.1. The van der Waals surface area contributed by atoms with Crippen molar-refractivity contribution < 1.29 is 14.3 Å². The number of esters is 1. The van der Waals surface area contributed by atoms with Gasteiger partial charge in [0.1, 0.15) is 0 Å². The fourth-order valence-electron chi connectivity index (χ4n) is 5.88. The molecule has 0 spiro atoms. The van der Waals surface area contributed by atoms with Gasteiger partial charge in [0.05, 0.1) is 18.2 Å². The van der Waals surface area contributed by atoms with E-state index >= 15 is 0 Å². The van der Waals surface area contributed by atoms with Crippen LogP contribution in [0.4, 0.5) is 0 Å². The molecule has 2 heterocycles. The van der Waals surface area contributed by atoms with Gasteiger partial charge in [-0.1, -0.05) is 27.5 Å². The monoisotopic (exact) mass is 622 g/mol. The van der Waals surface area contributed by atoms with E-state index in [9.17, 15) is 9.59 Å². The van der Waals surface area contributed by atoms with Gasteiger partial charge in [-0.05, 0) is 102 Å². The number of nitrogens with zero attached hydrogens (tertiary/aromatic N) is 2. The third-order valence-electron chi connectivity index (χ3n) is 7.73. The molecule has 2 aliphatic carbocycles. The predicted octanol–water partition coefficient (Wildman–Crippen LogP) is 6.32. The van der Waals surface area contributed by atoms with Gasteiger partial charge in [-0.2, -0.15) is 0 Å². The van der Waals surface area contributed by atoms with Crippen LogP contribution in [-0.4, -0.2) is 41.5 Å². The van der Waals surface area contributed by atoms with Crippen LogP contribution in [0, 0.1) is 17.8 Å². The lowest BCUT2D eigenvalue weighted by Crippen LogP contribution is -2.40. The van der Waals surface area contributed by atoms with Gasteiger partial charge in [0, 0.05) is 45.6 Å². The Morgan fingerprint density at radius 2 is 1.89 bits per heavy atom. The number of halogens is 3. The molecule has 0 radical (unpaired) electrons. The highest BCUT2D eigenvalue weighted by molar-refractivity contribution is 9.10. The molecule has 186 valence electrons. The summed E-state index contributed by atoms with van der Waals surface area (Å²) in [5.41, 5.74) is 5.00. The number of aryl methyl sites for hydroxylation is 2. The van der Waals surface area contributed by atoms with Crippen molar-refractivity contribution in [2.24, 2.45) is 17.8 Å². The molecular formula is C27H29Br2ClN2O3. The van der Waals surface area contributed by atoms with E-state index in [2.05, 4.69) is 44.0 Å². The molecule has 1 amide bonds. The molecule has 0 N–H and O–H groups in total. The third-order valence-corrected chi connectivity index (χ3v) is 9.04. The average molecular weight is 625 g/mol. The van der Waals surface area contributed by atoms with Crippen LogP contribution in [0.5, 0.6) is 0 Å². The summed E-state index contributed by atoms with van der Waals surface area (Å²) in [5, 5.41) is 0.746. The first kappa shape index (κ1) is 25.2. The van der Waals surface area contributed by atoms with Gasteiger partial charge in [-0.3, -0.25) is 14.6 Å². The maximum atomic E-state index is 13.0. The van der Waals surface area contributed by atoms with Crippen molar-refractivity contribution >= 4 is 55.3 Å². The average Bonchev–Trinajstić information content (AvgIpc) is 3.61. The first-order valence-electron chi connectivity index (χ1n) is 12.4. The van der Waals surface area contributed by atoms with E-state index in [-0.39, 0.29) is 29.6 Å². The zero-order valence-corrected chi connectivity index (χ0v) is 23.7. The van der Waals surface area contributed by atoms with E-state index < -0.39 is 0 Å². The number of hydrogen-bond donors (Lipinski definition) is 0. The summed E-state index contributed by atoms with van der Waals surface area (Å²) in [4.78, 5) is 31.8. The molecule has 2 aromatic rings. The number of piperidine rings is 1. The van der Waals surface area contributed by atoms with Crippen molar-refractivity contribution in [2.45, 2.75) is 51.4 Å². The van der Waals surface area contributed by atoms with Crippen LogP contribution in [0.2, 0.25) is 5.02 Å².